The van der Waals surface area contributed by atoms with Gasteiger partial charge in [0.15, 0.2) is 0 Å². The van der Waals surface area contributed by atoms with E-state index in [-0.39, 0.29) is 41.9 Å². The zero-order chi connectivity index (χ0) is 84.3. The number of aryl methyl sites for hydroxylation is 4. The molecule has 0 saturated carbocycles. The van der Waals surface area contributed by atoms with Crippen LogP contribution in [0.5, 0.6) is 0 Å². The Balaban J connectivity index is 0.000000129. The van der Waals surface area contributed by atoms with E-state index >= 15 is 0 Å². The highest BCUT2D eigenvalue weighted by atomic mass is 16.1. The molecule has 0 aliphatic heterocycles. The van der Waals surface area contributed by atoms with Crippen molar-refractivity contribution in [1.29, 1.82) is 0 Å². The van der Waals surface area contributed by atoms with Crippen LogP contribution in [0.1, 0.15) is 91.4 Å². The molecule has 0 aliphatic rings. The molecular weight excluding hydrogens is 1510 g/mol. The van der Waals surface area contributed by atoms with Crippen molar-refractivity contribution in [1.82, 2.24) is 38.2 Å². The summed E-state index contributed by atoms with van der Waals surface area (Å²) in [6.45, 7) is 8.50. The highest BCUT2D eigenvalue weighted by Crippen LogP contribution is 2.29. The summed E-state index contributed by atoms with van der Waals surface area (Å²) < 4.78 is 6.63. The summed E-state index contributed by atoms with van der Waals surface area (Å²) in [5, 5.41) is 2.52. The summed E-state index contributed by atoms with van der Waals surface area (Å²) in [6, 6.07) is 121. The van der Waals surface area contributed by atoms with Gasteiger partial charge in [0.25, 0.3) is 22.2 Å². The number of hydrogen-bond donors (Lipinski definition) is 1. The molecule has 18 aromatic rings. The molecule has 122 heavy (non-hydrogen) atoms. The van der Waals surface area contributed by atoms with Crippen LogP contribution in [0, 0.1) is 40.0 Å². The molecule has 18 rings (SSSR count). The molecular formula is C106H86N12O4. The lowest BCUT2D eigenvalue weighted by molar-refractivity contribution is 0.661. The third kappa shape index (κ3) is 18.1. The third-order valence-electron chi connectivity index (χ3n) is 20.8. The Kier molecular flexibility index (Phi) is 25.7. The molecule has 2 N–H and O–H groups in total. The fourth-order valence-corrected chi connectivity index (χ4v) is 15.0. The number of hydrogen-bond acceptors (Lipinski definition) is 12. The normalized spacial score (nSPS) is 11.0. The maximum absolute atomic E-state index is 13.9. The summed E-state index contributed by atoms with van der Waals surface area (Å²) in [4.78, 5) is 88.4. The first-order chi connectivity index (χ1) is 59.8. The molecule has 0 fully saturated rings. The Morgan fingerprint density at radius 1 is 0.303 bits per heavy atom. The van der Waals surface area contributed by atoms with E-state index in [0.717, 1.165) is 95.5 Å². The van der Waals surface area contributed by atoms with Crippen LogP contribution >= 0.6 is 0 Å². The van der Waals surface area contributed by atoms with E-state index < -0.39 is 6.04 Å². The van der Waals surface area contributed by atoms with Crippen molar-refractivity contribution in [2.45, 2.75) is 59.8 Å². The molecule has 16 nitrogen and oxygen atoms in total. The van der Waals surface area contributed by atoms with Crippen LogP contribution in [0.25, 0.3) is 66.4 Å². The lowest BCUT2D eigenvalue weighted by Crippen LogP contribution is -2.26. The minimum absolute atomic E-state index is 0.0697. The Morgan fingerprint density at radius 2 is 0.541 bits per heavy atom. The van der Waals surface area contributed by atoms with Gasteiger partial charge in [-0.3, -0.25) is 52.4 Å². The summed E-state index contributed by atoms with van der Waals surface area (Å²) in [5.41, 5.74) is 23.4. The van der Waals surface area contributed by atoms with Gasteiger partial charge in [0.05, 0.1) is 103 Å². The number of aromatic nitrogens is 8. The topological polar surface area (TPSA) is 203 Å². The minimum Gasteiger partial charge on any atom is -0.324 e. The molecule has 16 heteroatoms. The predicted molar refractivity (Wildman–Crippen MR) is 495 cm³/mol. The molecule has 0 radical (unpaired) electrons. The van der Waals surface area contributed by atoms with Crippen LogP contribution in [-0.4, -0.2) is 55.3 Å². The molecule has 0 bridgehead atoms. The number of terminal acetylenes is 1. The van der Waals surface area contributed by atoms with E-state index in [1.165, 1.54) is 0 Å². The molecule has 4 heterocycles. The first-order valence-electron chi connectivity index (χ1n) is 40.2. The number of aliphatic imine (C=N–C) groups is 3. The van der Waals surface area contributed by atoms with Gasteiger partial charge in [0, 0.05) is 39.8 Å². The Labute approximate surface area is 706 Å². The van der Waals surface area contributed by atoms with Crippen LogP contribution in [0.2, 0.25) is 0 Å². The van der Waals surface area contributed by atoms with Gasteiger partial charge in [-0.05, 0) is 123 Å². The average molecular weight is 1590 g/mol. The largest absolute Gasteiger partial charge is 0.324 e. The molecule has 0 amide bonds. The van der Waals surface area contributed by atoms with Crippen molar-refractivity contribution in [2.75, 3.05) is 0 Å². The molecule has 14 aromatic carbocycles. The second-order valence-corrected chi connectivity index (χ2v) is 29.0. The third-order valence-corrected chi connectivity index (χ3v) is 20.8. The van der Waals surface area contributed by atoms with Gasteiger partial charge in [0.2, 0.25) is 0 Å². The first-order valence-corrected chi connectivity index (χ1v) is 40.2. The maximum atomic E-state index is 13.9. The maximum Gasteiger partial charge on any atom is 0.266 e. The van der Waals surface area contributed by atoms with E-state index in [9.17, 15) is 19.2 Å². The lowest BCUT2D eigenvalue weighted by Gasteiger charge is -2.20. The van der Waals surface area contributed by atoms with Crippen molar-refractivity contribution in [2.24, 2.45) is 20.7 Å². The Hall–Kier alpha value is -15.8. The van der Waals surface area contributed by atoms with Gasteiger partial charge < -0.3 is 5.73 Å². The number of fused-ring (bicyclic) bond motifs is 4. The summed E-state index contributed by atoms with van der Waals surface area (Å²) in [7, 11) is 0. The van der Waals surface area contributed by atoms with Crippen LogP contribution in [0.4, 0.5) is 0 Å². The van der Waals surface area contributed by atoms with E-state index in [1.54, 1.807) is 18.3 Å². The number of nitrogens with two attached hydrogens (primary N) is 1. The fraction of sp³-hybridized carbons (Fsp3) is 0.0849. The SMILES string of the molecule is C#CCC(N=C(c1ccccc1)c1ccccc1)c1nc2cccc(C)c2c(=O)n1-c1ccccc1.Cc1cccc2nc(CN)n(-c3ccccc3)c(=O)c12.Cc1cccc2nc(CN=C(c3ccccc3)c3ccccc3)n(-c3ccccc3)c(=O)c12.Cc1cccc2nc(CN=C(c3ccccc3)c3ccccc3)n(-c3ccccc3)c(=O)c12. The monoisotopic (exact) mass is 1590 g/mol. The van der Waals surface area contributed by atoms with Crippen LogP contribution in [0.3, 0.4) is 0 Å². The second-order valence-electron chi connectivity index (χ2n) is 29.0. The molecule has 0 saturated heterocycles. The van der Waals surface area contributed by atoms with E-state index in [1.807, 2.05) is 404 Å². The summed E-state index contributed by atoms with van der Waals surface area (Å²) in [6.07, 6.45) is 6.14. The summed E-state index contributed by atoms with van der Waals surface area (Å²) in [5.74, 6) is 5.07. The van der Waals surface area contributed by atoms with Crippen molar-refractivity contribution in [3.63, 3.8) is 0 Å². The number of nitrogens with zero attached hydrogens (tertiary/aromatic N) is 11. The first kappa shape index (κ1) is 81.3. The van der Waals surface area contributed by atoms with Crippen LogP contribution in [-0.2, 0) is 19.6 Å². The number of benzene rings is 14. The van der Waals surface area contributed by atoms with Gasteiger partial charge in [0.1, 0.15) is 29.3 Å². The van der Waals surface area contributed by atoms with Crippen LogP contribution < -0.4 is 28.0 Å². The van der Waals surface area contributed by atoms with Crippen molar-refractivity contribution >= 4 is 60.7 Å². The highest BCUT2D eigenvalue weighted by molar-refractivity contribution is 6.14. The van der Waals surface area contributed by atoms with Gasteiger partial charge in [-0.1, -0.05) is 303 Å². The van der Waals surface area contributed by atoms with Crippen molar-refractivity contribution in [3.8, 4) is 35.1 Å². The molecule has 1 atom stereocenters. The van der Waals surface area contributed by atoms with Crippen molar-refractivity contribution < 1.29 is 0 Å². The lowest BCUT2D eigenvalue weighted by atomic mass is 10.0. The quantitative estimate of drug-likeness (QED) is 0.0640. The Bertz CT molecular complexity index is 6770. The average Bonchev–Trinajstić information content (AvgIpc) is 0.772. The molecule has 4 aromatic heterocycles. The predicted octanol–water partition coefficient (Wildman–Crippen LogP) is 19.9. The molecule has 0 spiro atoms. The van der Waals surface area contributed by atoms with E-state index in [0.29, 0.717) is 73.3 Å². The summed E-state index contributed by atoms with van der Waals surface area (Å²) >= 11 is 0. The smallest absolute Gasteiger partial charge is 0.266 e. The van der Waals surface area contributed by atoms with Gasteiger partial charge >= 0.3 is 0 Å². The number of rotatable bonds is 18. The molecule has 594 valence electrons. The van der Waals surface area contributed by atoms with Gasteiger partial charge in [-0.2, -0.15) is 0 Å². The zero-order valence-corrected chi connectivity index (χ0v) is 67.9. The van der Waals surface area contributed by atoms with E-state index in [2.05, 4.69) is 10.9 Å². The van der Waals surface area contributed by atoms with Gasteiger partial charge in [-0.25, -0.2) is 19.9 Å². The fourth-order valence-electron chi connectivity index (χ4n) is 15.0. The standard InChI is InChI=1S/C32H25N3O.2C29H23N3O.C16H15N3O/c1-3-14-28(33-30(24-16-7-4-8-17-24)25-18-9-5-10-19-25)31-34-27-22-13-15-23(2)29(27)32(36)35(31)26-20-11-6-12-21-26;2*1-21-12-11-19-25-27(21)29(33)32(24-17-9-4-10-18-24)26(31-25)20-30-28(22-13-5-2-6-14-22)23-15-7-3-8-16-23;1-11-6-5-9-13-15(11)16(20)19(14(10-17)18-13)12-7-3-2-4-8-12/h1,4-13,15-22,28H,14H2,2H3;2*2-19H,20H2,1H3;2-9H,10,17H2,1H3. The Morgan fingerprint density at radius 3 is 0.820 bits per heavy atom. The zero-order valence-electron chi connectivity index (χ0n) is 67.9. The van der Waals surface area contributed by atoms with E-state index in [4.69, 9.17) is 42.1 Å². The molecule has 1 unspecified atom stereocenters. The highest BCUT2D eigenvalue weighted by Gasteiger charge is 2.25. The van der Waals surface area contributed by atoms with Crippen molar-refractivity contribution in [3.05, 3.63) is 496 Å². The van der Waals surface area contributed by atoms with Crippen LogP contribution in [0.15, 0.2) is 410 Å². The van der Waals surface area contributed by atoms with Gasteiger partial charge in [-0.15, -0.1) is 12.3 Å². The number of para-hydroxylation sites is 4. The molecule has 0 aliphatic carbocycles. The second kappa shape index (κ2) is 38.5. The minimum atomic E-state index is -0.539.